The molecule has 0 bridgehead atoms. The summed E-state index contributed by atoms with van der Waals surface area (Å²) in [6.07, 6.45) is 1.88. The minimum Gasteiger partial charge on any atom is -0.313 e. The van der Waals surface area contributed by atoms with Crippen LogP contribution in [0.4, 0.5) is 0 Å². The van der Waals surface area contributed by atoms with Crippen molar-refractivity contribution in [3.05, 3.63) is 16.6 Å². The number of hydrogen-bond acceptors (Lipinski definition) is 5. The number of nitrogens with one attached hydrogen (secondary N) is 1. The predicted octanol–water partition coefficient (Wildman–Crippen LogP) is 0.440. The van der Waals surface area contributed by atoms with Crippen molar-refractivity contribution in [3.8, 4) is 6.07 Å². The Bertz CT molecular complexity index is 316. The van der Waals surface area contributed by atoms with Crippen molar-refractivity contribution in [2.24, 2.45) is 0 Å². The van der Waals surface area contributed by atoms with Crippen LogP contribution in [0.1, 0.15) is 4.88 Å². The maximum Gasteiger partial charge on any atom is 0.111 e. The van der Waals surface area contributed by atoms with Crippen LogP contribution >= 0.6 is 11.3 Å². The van der Waals surface area contributed by atoms with Gasteiger partial charge in [0.25, 0.3) is 0 Å². The summed E-state index contributed by atoms with van der Waals surface area (Å²) in [5.41, 5.74) is 1.83. The molecule has 2 rings (SSSR count). The van der Waals surface area contributed by atoms with Crippen LogP contribution < -0.4 is 5.32 Å². The van der Waals surface area contributed by atoms with Gasteiger partial charge in [-0.15, -0.1) is 11.3 Å². The second kappa shape index (κ2) is 4.51. The number of nitrogens with zero attached hydrogens (tertiary/aromatic N) is 3. The van der Waals surface area contributed by atoms with Crippen LogP contribution in [0.5, 0.6) is 0 Å². The van der Waals surface area contributed by atoms with Crippen molar-refractivity contribution in [2.75, 3.05) is 19.6 Å². The van der Waals surface area contributed by atoms with Gasteiger partial charge in [-0.2, -0.15) is 5.26 Å². The van der Waals surface area contributed by atoms with Crippen molar-refractivity contribution >= 4 is 11.3 Å². The Labute approximate surface area is 87.2 Å². The van der Waals surface area contributed by atoms with Crippen molar-refractivity contribution in [3.63, 3.8) is 0 Å². The fourth-order valence-electron chi connectivity index (χ4n) is 1.58. The molecule has 0 saturated carbocycles. The molecule has 1 aromatic rings. The summed E-state index contributed by atoms with van der Waals surface area (Å²) in [5, 5.41) is 12.2. The first kappa shape index (κ1) is 9.59. The fraction of sp³-hybridized carbons (Fsp3) is 0.556. The number of rotatable bonds is 2. The molecule has 1 saturated heterocycles. The van der Waals surface area contributed by atoms with Crippen LogP contribution in [-0.4, -0.2) is 35.6 Å². The summed E-state index contributed by atoms with van der Waals surface area (Å²) in [6, 6.07) is 2.32. The second-order valence-electron chi connectivity index (χ2n) is 3.29. The summed E-state index contributed by atoms with van der Waals surface area (Å²) in [6.45, 7) is 3.53. The molecule has 5 heteroatoms. The first-order chi connectivity index (χ1) is 6.90. The maximum absolute atomic E-state index is 8.95. The van der Waals surface area contributed by atoms with Crippen LogP contribution in [-0.2, 0) is 6.54 Å². The van der Waals surface area contributed by atoms with Gasteiger partial charge in [-0.1, -0.05) is 0 Å². The van der Waals surface area contributed by atoms with E-state index in [2.05, 4.69) is 21.3 Å². The molecule has 4 nitrogen and oxygen atoms in total. The highest BCUT2D eigenvalue weighted by molar-refractivity contribution is 7.09. The van der Waals surface area contributed by atoms with E-state index >= 15 is 0 Å². The summed E-state index contributed by atoms with van der Waals surface area (Å²) in [5.74, 6) is 0. The topological polar surface area (TPSA) is 52.0 Å². The highest BCUT2D eigenvalue weighted by Gasteiger charge is 2.21. The first-order valence-electron chi connectivity index (χ1n) is 4.62. The Balaban J connectivity index is 1.99. The average molecular weight is 208 g/mol. The minimum atomic E-state index is 0.00542. The van der Waals surface area contributed by atoms with Crippen molar-refractivity contribution < 1.29 is 0 Å². The van der Waals surface area contributed by atoms with Gasteiger partial charge in [-0.3, -0.25) is 9.88 Å². The lowest BCUT2D eigenvalue weighted by molar-refractivity contribution is 0.191. The van der Waals surface area contributed by atoms with Gasteiger partial charge < -0.3 is 5.32 Å². The van der Waals surface area contributed by atoms with Gasteiger partial charge in [0.15, 0.2) is 0 Å². The van der Waals surface area contributed by atoms with Gasteiger partial charge in [0.1, 0.15) is 6.04 Å². The zero-order valence-electron chi connectivity index (χ0n) is 7.81. The molecular formula is C9H12N4S. The third kappa shape index (κ3) is 2.10. The lowest BCUT2D eigenvalue weighted by atomic mass is 10.2. The zero-order chi connectivity index (χ0) is 9.80. The van der Waals surface area contributed by atoms with Crippen molar-refractivity contribution in [2.45, 2.75) is 12.6 Å². The maximum atomic E-state index is 8.95. The van der Waals surface area contributed by atoms with Gasteiger partial charge in [-0.25, -0.2) is 0 Å². The molecule has 1 aliphatic heterocycles. The standard InChI is InChI=1S/C9H12N4S/c10-3-8-4-11-1-2-13(8)6-9-5-12-7-14-9/h5,7-8,11H,1-2,4,6H2. The molecule has 2 heterocycles. The molecule has 1 N–H and O–H groups in total. The van der Waals surface area contributed by atoms with E-state index in [4.69, 9.17) is 5.26 Å². The van der Waals surface area contributed by atoms with Crippen molar-refractivity contribution in [1.29, 1.82) is 5.26 Å². The third-order valence-electron chi connectivity index (χ3n) is 2.35. The molecule has 0 radical (unpaired) electrons. The highest BCUT2D eigenvalue weighted by Crippen LogP contribution is 2.12. The molecule has 1 fully saturated rings. The molecule has 1 unspecified atom stereocenters. The van der Waals surface area contributed by atoms with Gasteiger partial charge in [0.2, 0.25) is 0 Å². The molecule has 0 aromatic carbocycles. The van der Waals surface area contributed by atoms with E-state index in [-0.39, 0.29) is 6.04 Å². The fourth-order valence-corrected chi connectivity index (χ4v) is 2.20. The Morgan fingerprint density at radius 3 is 3.43 bits per heavy atom. The minimum absolute atomic E-state index is 0.00542. The van der Waals surface area contributed by atoms with E-state index in [0.29, 0.717) is 0 Å². The Morgan fingerprint density at radius 2 is 2.71 bits per heavy atom. The van der Waals surface area contributed by atoms with Crippen LogP contribution in [0.25, 0.3) is 0 Å². The molecule has 0 aliphatic carbocycles. The summed E-state index contributed by atoms with van der Waals surface area (Å²) in [4.78, 5) is 7.46. The Hall–Kier alpha value is -0.960. The normalized spacial score (nSPS) is 23.2. The lowest BCUT2D eigenvalue weighted by Crippen LogP contribution is -2.49. The number of nitriles is 1. The molecular weight excluding hydrogens is 196 g/mol. The summed E-state index contributed by atoms with van der Waals surface area (Å²) >= 11 is 1.65. The number of hydrogen-bond donors (Lipinski definition) is 1. The third-order valence-corrected chi connectivity index (χ3v) is 3.11. The SMILES string of the molecule is N#CC1CNCCN1Cc1cncs1. The smallest absolute Gasteiger partial charge is 0.111 e. The van der Waals surface area contributed by atoms with E-state index < -0.39 is 0 Å². The predicted molar refractivity (Wildman–Crippen MR) is 54.8 cm³/mol. The molecule has 0 amide bonds. The monoisotopic (exact) mass is 208 g/mol. The largest absolute Gasteiger partial charge is 0.313 e. The summed E-state index contributed by atoms with van der Waals surface area (Å²) in [7, 11) is 0. The van der Waals surface area contributed by atoms with E-state index in [1.54, 1.807) is 11.3 Å². The Morgan fingerprint density at radius 1 is 1.79 bits per heavy atom. The second-order valence-corrected chi connectivity index (χ2v) is 4.26. The molecule has 14 heavy (non-hydrogen) atoms. The van der Waals surface area contributed by atoms with Crippen LogP contribution in [0.2, 0.25) is 0 Å². The number of piperazine rings is 1. The summed E-state index contributed by atoms with van der Waals surface area (Å²) < 4.78 is 0. The quantitative estimate of drug-likeness (QED) is 0.766. The first-order valence-corrected chi connectivity index (χ1v) is 5.50. The average Bonchev–Trinajstić information content (AvgIpc) is 2.71. The number of thiazole rings is 1. The van der Waals surface area contributed by atoms with Gasteiger partial charge in [0, 0.05) is 37.3 Å². The zero-order valence-corrected chi connectivity index (χ0v) is 8.63. The van der Waals surface area contributed by atoms with Gasteiger partial charge in [0.05, 0.1) is 11.6 Å². The molecule has 1 aliphatic rings. The van der Waals surface area contributed by atoms with E-state index in [1.807, 2.05) is 11.7 Å². The van der Waals surface area contributed by atoms with Gasteiger partial charge >= 0.3 is 0 Å². The van der Waals surface area contributed by atoms with Crippen molar-refractivity contribution in [1.82, 2.24) is 15.2 Å². The van der Waals surface area contributed by atoms with Gasteiger partial charge in [-0.05, 0) is 0 Å². The molecule has 1 aromatic heterocycles. The lowest BCUT2D eigenvalue weighted by Gasteiger charge is -2.31. The molecule has 0 spiro atoms. The Kier molecular flexibility index (Phi) is 3.09. The molecule has 1 atom stereocenters. The van der Waals surface area contributed by atoms with Crippen LogP contribution in [0.15, 0.2) is 11.7 Å². The highest BCUT2D eigenvalue weighted by atomic mass is 32.1. The van der Waals surface area contributed by atoms with E-state index in [0.717, 1.165) is 26.2 Å². The van der Waals surface area contributed by atoms with Crippen LogP contribution in [0.3, 0.4) is 0 Å². The van der Waals surface area contributed by atoms with E-state index in [9.17, 15) is 0 Å². The number of aromatic nitrogens is 1. The van der Waals surface area contributed by atoms with Crippen LogP contribution in [0, 0.1) is 11.3 Å². The van der Waals surface area contributed by atoms with E-state index in [1.165, 1.54) is 4.88 Å². The molecule has 74 valence electrons.